The quantitative estimate of drug-likeness (QED) is 0.824. The Morgan fingerprint density at radius 2 is 2.09 bits per heavy atom. The maximum atomic E-state index is 12.1. The van der Waals surface area contributed by atoms with Gasteiger partial charge in [-0.2, -0.15) is 0 Å². The summed E-state index contributed by atoms with van der Waals surface area (Å²) < 4.78 is 1.88. The van der Waals surface area contributed by atoms with Crippen LogP contribution in [0.1, 0.15) is 29.6 Å². The third-order valence-electron chi connectivity index (χ3n) is 3.99. The van der Waals surface area contributed by atoms with Gasteiger partial charge in [0.15, 0.2) is 0 Å². The van der Waals surface area contributed by atoms with Crippen LogP contribution in [0.4, 0.5) is 0 Å². The number of carbonyl (C=O) groups is 2. The van der Waals surface area contributed by atoms with Crippen molar-refractivity contribution in [2.24, 2.45) is 0 Å². The zero-order chi connectivity index (χ0) is 16.1. The lowest BCUT2D eigenvalue weighted by molar-refractivity contribution is -0.127. The van der Waals surface area contributed by atoms with Gasteiger partial charge in [0.1, 0.15) is 0 Å². The summed E-state index contributed by atoms with van der Waals surface area (Å²) in [6.45, 7) is 2.15. The van der Waals surface area contributed by atoms with E-state index in [2.05, 4.69) is 10.3 Å². The van der Waals surface area contributed by atoms with Gasteiger partial charge in [-0.15, -0.1) is 0 Å². The van der Waals surface area contributed by atoms with Crippen LogP contribution < -0.4 is 5.32 Å². The monoisotopic (exact) mass is 312 g/mol. The number of amides is 2. The van der Waals surface area contributed by atoms with Crippen LogP contribution in [0.3, 0.4) is 0 Å². The predicted octanol–water partition coefficient (Wildman–Crippen LogP) is 1.61. The number of rotatable bonds is 6. The van der Waals surface area contributed by atoms with Gasteiger partial charge in [-0.05, 0) is 37.1 Å². The van der Waals surface area contributed by atoms with Gasteiger partial charge in [0.2, 0.25) is 5.91 Å². The summed E-state index contributed by atoms with van der Waals surface area (Å²) in [5, 5.41) is 2.90. The number of nitrogens with zero attached hydrogens (tertiary/aromatic N) is 3. The molecular weight excluding hydrogens is 292 g/mol. The average molecular weight is 312 g/mol. The van der Waals surface area contributed by atoms with Gasteiger partial charge in [-0.1, -0.05) is 0 Å². The van der Waals surface area contributed by atoms with Crippen LogP contribution in [-0.4, -0.2) is 45.9 Å². The van der Waals surface area contributed by atoms with E-state index >= 15 is 0 Å². The fourth-order valence-electron chi connectivity index (χ4n) is 2.71. The van der Waals surface area contributed by atoms with Crippen molar-refractivity contribution < 1.29 is 9.59 Å². The number of aromatic nitrogens is 2. The summed E-state index contributed by atoms with van der Waals surface area (Å²) >= 11 is 0. The van der Waals surface area contributed by atoms with Crippen LogP contribution in [-0.2, 0) is 4.79 Å². The van der Waals surface area contributed by atoms with Crippen LogP contribution in [0.5, 0.6) is 0 Å². The second-order valence-corrected chi connectivity index (χ2v) is 5.61. The van der Waals surface area contributed by atoms with E-state index in [1.54, 1.807) is 24.7 Å². The average Bonchev–Trinajstić information content (AvgIpc) is 3.23. The smallest absolute Gasteiger partial charge is 0.251 e. The lowest BCUT2D eigenvalue weighted by Crippen LogP contribution is -2.30. The van der Waals surface area contributed by atoms with Gasteiger partial charge in [0.05, 0.1) is 6.33 Å². The van der Waals surface area contributed by atoms with E-state index in [0.29, 0.717) is 18.5 Å². The largest absolute Gasteiger partial charge is 0.352 e. The summed E-state index contributed by atoms with van der Waals surface area (Å²) in [7, 11) is 0. The van der Waals surface area contributed by atoms with Gasteiger partial charge >= 0.3 is 0 Å². The molecule has 0 unspecified atom stereocenters. The topological polar surface area (TPSA) is 67.2 Å². The molecule has 1 aliphatic rings. The minimum absolute atomic E-state index is 0.0880. The highest BCUT2D eigenvalue weighted by molar-refractivity contribution is 5.94. The molecule has 1 N–H and O–H groups in total. The van der Waals surface area contributed by atoms with E-state index in [1.165, 1.54) is 0 Å². The molecule has 23 heavy (non-hydrogen) atoms. The van der Waals surface area contributed by atoms with Gasteiger partial charge in [0.25, 0.3) is 5.91 Å². The minimum atomic E-state index is -0.0880. The number of benzene rings is 1. The van der Waals surface area contributed by atoms with Crippen molar-refractivity contribution >= 4 is 11.8 Å². The minimum Gasteiger partial charge on any atom is -0.352 e. The summed E-state index contributed by atoms with van der Waals surface area (Å²) in [6.07, 6.45) is 7.68. The molecule has 0 saturated carbocycles. The van der Waals surface area contributed by atoms with E-state index in [-0.39, 0.29) is 11.8 Å². The van der Waals surface area contributed by atoms with Crippen LogP contribution in [0.15, 0.2) is 43.0 Å². The molecule has 1 aliphatic heterocycles. The number of imidazole rings is 1. The van der Waals surface area contributed by atoms with E-state index in [4.69, 9.17) is 0 Å². The molecule has 1 aromatic carbocycles. The maximum Gasteiger partial charge on any atom is 0.251 e. The first-order valence-corrected chi connectivity index (χ1v) is 7.88. The summed E-state index contributed by atoms with van der Waals surface area (Å²) in [5.41, 5.74) is 1.60. The van der Waals surface area contributed by atoms with Crippen LogP contribution >= 0.6 is 0 Å². The number of hydrogen-bond acceptors (Lipinski definition) is 3. The van der Waals surface area contributed by atoms with Gasteiger partial charge in [-0.3, -0.25) is 9.59 Å². The van der Waals surface area contributed by atoms with Crippen LogP contribution in [0.2, 0.25) is 0 Å². The lowest BCUT2D eigenvalue weighted by Gasteiger charge is -2.15. The molecule has 0 spiro atoms. The summed E-state index contributed by atoms with van der Waals surface area (Å²) in [5.74, 6) is 0.140. The van der Waals surface area contributed by atoms with E-state index in [0.717, 1.165) is 31.6 Å². The Morgan fingerprint density at radius 3 is 2.74 bits per heavy atom. The van der Waals surface area contributed by atoms with Crippen molar-refractivity contribution in [1.29, 1.82) is 0 Å². The molecule has 2 amide bonds. The molecule has 6 nitrogen and oxygen atoms in total. The molecule has 0 aliphatic carbocycles. The molecule has 120 valence electrons. The Labute approximate surface area is 135 Å². The zero-order valence-corrected chi connectivity index (χ0v) is 12.9. The molecular formula is C17H20N4O2. The molecule has 0 atom stereocenters. The van der Waals surface area contributed by atoms with Crippen molar-refractivity contribution in [2.45, 2.75) is 19.3 Å². The summed E-state index contributed by atoms with van der Waals surface area (Å²) in [6, 6.07) is 7.38. The van der Waals surface area contributed by atoms with Crippen LogP contribution in [0, 0.1) is 0 Å². The zero-order valence-electron chi connectivity index (χ0n) is 12.9. The molecule has 2 heterocycles. The van der Waals surface area contributed by atoms with Crippen LogP contribution in [0.25, 0.3) is 5.69 Å². The van der Waals surface area contributed by atoms with Crippen molar-refractivity contribution in [2.75, 3.05) is 19.6 Å². The normalized spacial score (nSPS) is 14.3. The Hall–Kier alpha value is -2.63. The number of nitrogens with one attached hydrogen (secondary N) is 1. The Kier molecular flexibility index (Phi) is 4.71. The van der Waals surface area contributed by atoms with Crippen molar-refractivity contribution in [3.05, 3.63) is 48.5 Å². The van der Waals surface area contributed by atoms with E-state index in [1.807, 2.05) is 27.8 Å². The lowest BCUT2D eigenvalue weighted by atomic mass is 10.2. The first-order valence-electron chi connectivity index (χ1n) is 7.88. The van der Waals surface area contributed by atoms with Gasteiger partial charge in [0, 0.05) is 49.7 Å². The number of carbonyl (C=O) groups excluding carboxylic acids is 2. The Bertz CT molecular complexity index is 664. The molecule has 1 saturated heterocycles. The molecule has 0 radical (unpaired) electrons. The highest BCUT2D eigenvalue weighted by atomic mass is 16.2. The Morgan fingerprint density at radius 1 is 1.26 bits per heavy atom. The molecule has 1 fully saturated rings. The number of hydrogen-bond donors (Lipinski definition) is 1. The molecule has 2 aromatic rings. The first-order chi connectivity index (χ1) is 11.2. The maximum absolute atomic E-state index is 12.1. The first kappa shape index (κ1) is 15.3. The van der Waals surface area contributed by atoms with E-state index < -0.39 is 0 Å². The van der Waals surface area contributed by atoms with Gasteiger partial charge in [-0.25, -0.2) is 4.98 Å². The highest BCUT2D eigenvalue weighted by Gasteiger charge is 2.19. The summed E-state index contributed by atoms with van der Waals surface area (Å²) in [4.78, 5) is 29.4. The molecule has 6 heteroatoms. The predicted molar refractivity (Wildman–Crippen MR) is 86.3 cm³/mol. The van der Waals surface area contributed by atoms with Crippen molar-refractivity contribution in [3.8, 4) is 5.69 Å². The fraction of sp³-hybridized carbons (Fsp3) is 0.353. The van der Waals surface area contributed by atoms with E-state index in [9.17, 15) is 9.59 Å². The SMILES string of the molecule is O=C(NCCCN1CCCC1=O)c1ccc(-n2ccnc2)cc1. The van der Waals surface area contributed by atoms with Gasteiger partial charge < -0.3 is 14.8 Å². The second-order valence-electron chi connectivity index (χ2n) is 5.61. The number of likely N-dealkylation sites (tertiary alicyclic amines) is 1. The Balaban J connectivity index is 1.45. The second kappa shape index (κ2) is 7.09. The molecule has 0 bridgehead atoms. The highest BCUT2D eigenvalue weighted by Crippen LogP contribution is 2.10. The fourth-order valence-corrected chi connectivity index (χ4v) is 2.71. The third-order valence-corrected chi connectivity index (χ3v) is 3.99. The van der Waals surface area contributed by atoms with Crippen molar-refractivity contribution in [3.63, 3.8) is 0 Å². The molecule has 1 aromatic heterocycles. The standard InChI is InChI=1S/C17H20N4O2/c22-16-3-1-10-20(16)11-2-8-19-17(23)14-4-6-15(7-5-14)21-12-9-18-13-21/h4-7,9,12-13H,1-3,8,10-11H2,(H,19,23). The third kappa shape index (κ3) is 3.77. The van der Waals surface area contributed by atoms with Crippen molar-refractivity contribution in [1.82, 2.24) is 19.8 Å². The molecule has 3 rings (SSSR count).